The highest BCUT2D eigenvalue weighted by atomic mass is 16.6. The molecule has 0 radical (unpaired) electrons. The van der Waals surface area contributed by atoms with Gasteiger partial charge in [0.25, 0.3) is 0 Å². The molecule has 2 unspecified atom stereocenters. The number of benzene rings is 1. The third-order valence-corrected chi connectivity index (χ3v) is 6.31. The van der Waals surface area contributed by atoms with Gasteiger partial charge in [-0.1, -0.05) is 12.1 Å². The van der Waals surface area contributed by atoms with Gasteiger partial charge in [0, 0.05) is 24.9 Å². The van der Waals surface area contributed by atoms with Crippen LogP contribution in [0.4, 0.5) is 4.79 Å². The summed E-state index contributed by atoms with van der Waals surface area (Å²) in [5, 5.41) is 30.6. The molecule has 1 aromatic carbocycles. The van der Waals surface area contributed by atoms with Crippen molar-refractivity contribution in [2.45, 2.75) is 59.2 Å². The zero-order valence-corrected chi connectivity index (χ0v) is 22.2. The van der Waals surface area contributed by atoms with Crippen molar-refractivity contribution in [3.05, 3.63) is 46.7 Å². The molecule has 194 valence electrons. The molecule has 1 amide bonds. The van der Waals surface area contributed by atoms with Crippen LogP contribution in [0.15, 0.2) is 41.1 Å². The van der Waals surface area contributed by atoms with Crippen LogP contribution >= 0.6 is 0 Å². The third-order valence-electron chi connectivity index (χ3n) is 6.31. The minimum atomic E-state index is -1.84. The van der Waals surface area contributed by atoms with Gasteiger partial charge in [0.15, 0.2) is 16.9 Å². The Bertz CT molecular complexity index is 1240. The largest absolute Gasteiger partial charge is 0.490 e. The Morgan fingerprint density at radius 3 is 2.43 bits per heavy atom. The Morgan fingerprint density at radius 1 is 1.22 bits per heavy atom. The second kappa shape index (κ2) is 10.4. The molecule has 3 rings (SSSR count). The van der Waals surface area contributed by atoms with Gasteiger partial charge < -0.3 is 24.8 Å². The van der Waals surface area contributed by atoms with Crippen LogP contribution in [0.3, 0.4) is 0 Å². The van der Waals surface area contributed by atoms with Crippen molar-refractivity contribution in [3.8, 4) is 29.7 Å². The molecule has 1 heterocycles. The van der Waals surface area contributed by atoms with Crippen LogP contribution in [0.5, 0.6) is 11.5 Å². The fraction of sp³-hybridized carbons (Fsp3) is 0.500. The molecule has 1 aliphatic heterocycles. The molecule has 0 bridgehead atoms. The summed E-state index contributed by atoms with van der Waals surface area (Å²) in [6.45, 7) is 11.7. The van der Waals surface area contributed by atoms with Gasteiger partial charge in [-0.3, -0.25) is 0 Å². The van der Waals surface area contributed by atoms with E-state index in [1.165, 1.54) is 4.90 Å². The Morgan fingerprint density at radius 2 is 1.89 bits per heavy atom. The van der Waals surface area contributed by atoms with E-state index in [2.05, 4.69) is 18.2 Å². The van der Waals surface area contributed by atoms with E-state index in [0.29, 0.717) is 29.2 Å². The van der Waals surface area contributed by atoms with Crippen molar-refractivity contribution in [1.82, 2.24) is 4.90 Å². The fourth-order valence-corrected chi connectivity index (χ4v) is 4.87. The molecule has 2 N–H and O–H groups in total. The maximum Gasteiger partial charge on any atom is 0.410 e. The molecule has 0 fully saturated rings. The first-order chi connectivity index (χ1) is 17.4. The first-order valence-electron chi connectivity index (χ1n) is 12.3. The Balaban J connectivity index is 2.22. The molecule has 2 atom stereocenters. The van der Waals surface area contributed by atoms with Crippen molar-refractivity contribution >= 4 is 6.09 Å². The Hall–Kier alpha value is -4.16. The minimum absolute atomic E-state index is 0.0846. The van der Waals surface area contributed by atoms with Gasteiger partial charge in [-0.15, -0.1) is 0 Å². The van der Waals surface area contributed by atoms with E-state index in [1.807, 2.05) is 20.8 Å². The van der Waals surface area contributed by atoms with E-state index >= 15 is 0 Å². The van der Waals surface area contributed by atoms with Crippen molar-refractivity contribution in [1.29, 1.82) is 15.8 Å². The van der Waals surface area contributed by atoms with Gasteiger partial charge in [0.2, 0.25) is 0 Å². The number of allylic oxidation sites excluding steroid dienone is 2. The number of nitrogens with two attached hydrogens (primary N) is 1. The summed E-state index contributed by atoms with van der Waals surface area (Å²) in [6, 6.07) is 11.6. The summed E-state index contributed by atoms with van der Waals surface area (Å²) >= 11 is 0. The number of hydrogen-bond donors (Lipinski definition) is 1. The van der Waals surface area contributed by atoms with Gasteiger partial charge in [0.1, 0.15) is 11.7 Å². The van der Waals surface area contributed by atoms with Crippen LogP contribution < -0.4 is 15.2 Å². The van der Waals surface area contributed by atoms with Gasteiger partial charge in [-0.25, -0.2) is 4.79 Å². The first-order valence-corrected chi connectivity index (χ1v) is 12.3. The Kier molecular flexibility index (Phi) is 7.74. The average molecular weight is 504 g/mol. The summed E-state index contributed by atoms with van der Waals surface area (Å²) in [5.41, 5.74) is 5.13. The summed E-state index contributed by atoms with van der Waals surface area (Å²) in [5.74, 6) is -0.346. The smallest absolute Gasteiger partial charge is 0.410 e. The minimum Gasteiger partial charge on any atom is -0.490 e. The third kappa shape index (κ3) is 5.20. The van der Waals surface area contributed by atoms with Crippen LogP contribution in [0.1, 0.15) is 53.0 Å². The van der Waals surface area contributed by atoms with E-state index in [1.54, 1.807) is 45.0 Å². The summed E-state index contributed by atoms with van der Waals surface area (Å²) in [6.07, 6.45) is 1.15. The molecule has 2 aliphatic rings. The SMILES string of the molecule is CCOc1cc(C2C3CN(C(=O)OC(C)(C)C)CC=C3C(C#N)=C(N)C2(C#N)C#N)ccc1OC(C)C. The van der Waals surface area contributed by atoms with E-state index in [0.717, 1.165) is 0 Å². The molecule has 37 heavy (non-hydrogen) atoms. The maximum absolute atomic E-state index is 12.9. The van der Waals surface area contributed by atoms with Crippen LogP contribution in [0, 0.1) is 45.3 Å². The molecule has 0 saturated carbocycles. The number of carbonyl (C=O) groups excluding carboxylic acids is 1. The number of carbonyl (C=O) groups is 1. The molecule has 9 nitrogen and oxygen atoms in total. The first kappa shape index (κ1) is 27.4. The number of nitriles is 3. The predicted molar refractivity (Wildman–Crippen MR) is 136 cm³/mol. The van der Waals surface area contributed by atoms with E-state index in [9.17, 15) is 20.6 Å². The molecule has 1 aromatic rings. The normalized spacial score (nSPS) is 20.6. The van der Waals surface area contributed by atoms with Gasteiger partial charge in [-0.2, -0.15) is 15.8 Å². The quantitative estimate of drug-likeness (QED) is 0.616. The van der Waals surface area contributed by atoms with Crippen molar-refractivity contribution in [2.75, 3.05) is 19.7 Å². The molecular formula is C28H33N5O4. The molecule has 1 aliphatic carbocycles. The standard InChI is InChI=1S/C28H33N5O4/c1-7-35-23-12-18(8-9-22(23)36-17(2)3)24-21-14-33(26(34)37-27(4,5)6)11-10-19(21)20(13-29)25(32)28(24,15-30)16-31/h8-10,12,17,21,24H,7,11,14,32H2,1-6H3. The van der Waals surface area contributed by atoms with Crippen LogP contribution in [-0.4, -0.2) is 42.4 Å². The highest BCUT2D eigenvalue weighted by molar-refractivity contribution is 5.70. The second-order valence-corrected chi connectivity index (χ2v) is 10.4. The molecule has 0 saturated heterocycles. The van der Waals surface area contributed by atoms with Crippen molar-refractivity contribution in [3.63, 3.8) is 0 Å². The summed E-state index contributed by atoms with van der Waals surface area (Å²) in [7, 11) is 0. The number of hydrogen-bond acceptors (Lipinski definition) is 8. The van der Waals surface area contributed by atoms with Gasteiger partial charge in [-0.05, 0) is 64.8 Å². The van der Waals surface area contributed by atoms with Crippen LogP contribution in [-0.2, 0) is 4.74 Å². The van der Waals surface area contributed by atoms with Gasteiger partial charge in [0.05, 0.1) is 36.1 Å². The van der Waals surface area contributed by atoms with Gasteiger partial charge >= 0.3 is 6.09 Å². The lowest BCUT2D eigenvalue weighted by atomic mass is 9.58. The zero-order valence-electron chi connectivity index (χ0n) is 22.2. The number of nitrogens with zero attached hydrogens (tertiary/aromatic N) is 4. The average Bonchev–Trinajstić information content (AvgIpc) is 2.83. The highest BCUT2D eigenvalue weighted by Gasteiger charge is 2.55. The number of rotatable bonds is 5. The van der Waals surface area contributed by atoms with Crippen molar-refractivity contribution < 1.29 is 19.0 Å². The number of amides is 1. The zero-order chi connectivity index (χ0) is 27.5. The lowest BCUT2D eigenvalue weighted by Crippen LogP contribution is -2.50. The summed E-state index contributed by atoms with van der Waals surface area (Å²) < 4.78 is 17.3. The topological polar surface area (TPSA) is 145 Å². The molecule has 9 heteroatoms. The number of ether oxygens (including phenoxy) is 3. The second-order valence-electron chi connectivity index (χ2n) is 10.4. The summed E-state index contributed by atoms with van der Waals surface area (Å²) in [4.78, 5) is 14.5. The predicted octanol–water partition coefficient (Wildman–Crippen LogP) is 4.53. The van der Waals surface area contributed by atoms with E-state index in [4.69, 9.17) is 19.9 Å². The van der Waals surface area contributed by atoms with E-state index in [-0.39, 0.29) is 30.5 Å². The highest BCUT2D eigenvalue weighted by Crippen LogP contribution is 2.55. The van der Waals surface area contributed by atoms with E-state index < -0.39 is 28.9 Å². The monoisotopic (exact) mass is 503 g/mol. The molecule has 0 spiro atoms. The van der Waals surface area contributed by atoms with Crippen LogP contribution in [0.25, 0.3) is 0 Å². The maximum atomic E-state index is 12.9. The Labute approximate surface area is 218 Å². The lowest BCUT2D eigenvalue weighted by molar-refractivity contribution is 0.0224. The fourth-order valence-electron chi connectivity index (χ4n) is 4.87. The lowest BCUT2D eigenvalue weighted by Gasteiger charge is -2.45. The molecular weight excluding hydrogens is 470 g/mol. The number of fused-ring (bicyclic) bond motifs is 1. The van der Waals surface area contributed by atoms with Crippen LogP contribution in [0.2, 0.25) is 0 Å². The van der Waals surface area contributed by atoms with Crippen molar-refractivity contribution in [2.24, 2.45) is 17.1 Å². The molecule has 0 aromatic heterocycles.